The van der Waals surface area contributed by atoms with Crippen LogP contribution in [0.4, 0.5) is 0 Å². The highest BCUT2D eigenvalue weighted by Crippen LogP contribution is 2.50. The molecule has 1 aliphatic rings. The zero-order valence-corrected chi connectivity index (χ0v) is 21.8. The molecule has 1 aliphatic carbocycles. The topological polar surface area (TPSA) is 126 Å². The summed E-state index contributed by atoms with van der Waals surface area (Å²) in [6.45, 7) is 3.02. The zero-order chi connectivity index (χ0) is 26.4. The lowest BCUT2D eigenvalue weighted by Crippen LogP contribution is -2.26. The van der Waals surface area contributed by atoms with Crippen molar-refractivity contribution in [3.8, 4) is 28.4 Å². The normalized spacial score (nSPS) is 15.0. The number of esters is 1. The molecule has 0 saturated carbocycles. The summed E-state index contributed by atoms with van der Waals surface area (Å²) >= 11 is 1.35. The van der Waals surface area contributed by atoms with Crippen molar-refractivity contribution < 1.29 is 28.5 Å². The maximum absolute atomic E-state index is 12.9. The van der Waals surface area contributed by atoms with E-state index in [1.807, 2.05) is 12.3 Å². The second-order valence-corrected chi connectivity index (χ2v) is 9.07. The van der Waals surface area contributed by atoms with Crippen molar-refractivity contribution in [1.82, 2.24) is 5.32 Å². The molecule has 1 amide bonds. The van der Waals surface area contributed by atoms with Gasteiger partial charge in [0, 0.05) is 12.5 Å². The maximum atomic E-state index is 12.9. The number of ether oxygens (including phenoxy) is 3. The molecule has 0 heterocycles. The number of nitrogens with one attached hydrogen (secondary N) is 1. The Hall–Kier alpha value is -3.02. The van der Waals surface area contributed by atoms with Gasteiger partial charge in [-0.3, -0.25) is 14.4 Å². The first-order valence-corrected chi connectivity index (χ1v) is 12.6. The summed E-state index contributed by atoms with van der Waals surface area (Å²) in [5.74, 6) is -0.639. The Kier molecular flexibility index (Phi) is 9.41. The molecule has 1 unspecified atom stereocenters. The molecule has 11 heteroatoms. The van der Waals surface area contributed by atoms with Gasteiger partial charge in [0.25, 0.3) is 0 Å². The summed E-state index contributed by atoms with van der Waals surface area (Å²) in [6, 6.07) is 6.54. The third kappa shape index (κ3) is 5.85. The first-order valence-electron chi connectivity index (χ1n) is 11.4. The van der Waals surface area contributed by atoms with Gasteiger partial charge in [0.1, 0.15) is 0 Å². The third-order valence-corrected chi connectivity index (χ3v) is 6.63. The summed E-state index contributed by atoms with van der Waals surface area (Å²) < 4.78 is 22.1. The fraction of sp³-hybridized carbons (Fsp3) is 0.400. The van der Waals surface area contributed by atoms with Crippen LogP contribution in [-0.2, 0) is 20.7 Å². The summed E-state index contributed by atoms with van der Waals surface area (Å²) in [6.07, 6.45) is 2.88. The van der Waals surface area contributed by atoms with Crippen molar-refractivity contribution >= 4 is 31.1 Å². The smallest absolute Gasteiger partial charge is 0.308 e. The lowest BCUT2D eigenvalue weighted by Gasteiger charge is -2.20. The van der Waals surface area contributed by atoms with Gasteiger partial charge in [0.05, 0.1) is 37.7 Å². The van der Waals surface area contributed by atoms with E-state index >= 15 is 0 Å². The molecule has 0 bridgehead atoms. The van der Waals surface area contributed by atoms with E-state index in [4.69, 9.17) is 24.6 Å². The van der Waals surface area contributed by atoms with Crippen LogP contribution in [0.5, 0.6) is 17.2 Å². The number of carbonyl (C=O) groups is 2. The van der Waals surface area contributed by atoms with Crippen LogP contribution in [0.1, 0.15) is 37.4 Å². The molecule has 1 radical (unpaired) electrons. The number of carbonyl (C=O) groups excluding carboxylic acids is 2. The van der Waals surface area contributed by atoms with Gasteiger partial charge in [-0.25, -0.2) is 0 Å². The summed E-state index contributed by atoms with van der Waals surface area (Å²) in [7, 11) is 4.27. The van der Waals surface area contributed by atoms with E-state index in [-0.39, 0.29) is 29.6 Å². The van der Waals surface area contributed by atoms with E-state index in [0.717, 1.165) is 11.1 Å². The first kappa shape index (κ1) is 27.6. The average Bonchev–Trinajstić information content (AvgIpc) is 3.09. The van der Waals surface area contributed by atoms with E-state index < -0.39 is 17.8 Å². The summed E-state index contributed by atoms with van der Waals surface area (Å²) in [5, 5.41) is 2.97. The third-order valence-electron chi connectivity index (χ3n) is 5.86. The number of thioether (sulfide) groups is 1. The van der Waals surface area contributed by atoms with Gasteiger partial charge < -0.3 is 29.9 Å². The predicted molar refractivity (Wildman–Crippen MR) is 139 cm³/mol. The second-order valence-electron chi connectivity index (χ2n) is 8.23. The van der Waals surface area contributed by atoms with Crippen LogP contribution < -0.4 is 30.7 Å². The highest BCUT2D eigenvalue weighted by Gasteiger charge is 2.30. The number of fused-ring (bicyclic) bond motifs is 3. The zero-order valence-electron chi connectivity index (χ0n) is 21.0. The molecule has 191 valence electrons. The minimum absolute atomic E-state index is 0.0523. The number of hydrogen-bond acceptors (Lipinski definition) is 9. The van der Waals surface area contributed by atoms with Gasteiger partial charge >= 0.3 is 13.5 Å². The van der Waals surface area contributed by atoms with Crippen LogP contribution in [-0.4, -0.2) is 46.6 Å². The summed E-state index contributed by atoms with van der Waals surface area (Å²) in [4.78, 5) is 38.2. The van der Waals surface area contributed by atoms with E-state index in [2.05, 4.69) is 5.32 Å². The van der Waals surface area contributed by atoms with Crippen molar-refractivity contribution in [2.24, 2.45) is 5.73 Å². The lowest BCUT2D eigenvalue weighted by atomic mass is 9.82. The first-order chi connectivity index (χ1) is 17.2. The SMILES string of the molecule is COc1c(OC(=O)C(C)[B]OCN)cc2c(c1OC)-c1ccc(SC)c(=O)cc1[C@@H](NC(C)=O)CC2. The molecule has 0 aliphatic heterocycles. The molecule has 0 saturated heterocycles. The monoisotopic (exact) mass is 513 g/mol. The molecule has 0 spiro atoms. The minimum Gasteiger partial charge on any atom is -0.492 e. The molecule has 3 rings (SSSR count). The number of aryl methyl sites for hydroxylation is 1. The number of hydrogen-bond donors (Lipinski definition) is 2. The average molecular weight is 513 g/mol. The number of benzene rings is 1. The Balaban J connectivity index is 2.24. The number of rotatable bonds is 9. The Morgan fingerprint density at radius 3 is 2.56 bits per heavy atom. The van der Waals surface area contributed by atoms with Gasteiger partial charge in [-0.1, -0.05) is 13.0 Å². The molecule has 36 heavy (non-hydrogen) atoms. The highest BCUT2D eigenvalue weighted by atomic mass is 32.2. The fourth-order valence-electron chi connectivity index (χ4n) is 4.24. The predicted octanol–water partition coefficient (Wildman–Crippen LogP) is 2.84. The van der Waals surface area contributed by atoms with Crippen LogP contribution in [0.25, 0.3) is 11.1 Å². The van der Waals surface area contributed by atoms with Crippen molar-refractivity contribution in [3.63, 3.8) is 0 Å². The minimum atomic E-state index is -0.674. The Morgan fingerprint density at radius 1 is 1.22 bits per heavy atom. The summed E-state index contributed by atoms with van der Waals surface area (Å²) in [5.41, 5.74) is 8.14. The quantitative estimate of drug-likeness (QED) is 0.171. The molecule has 3 N–H and O–H groups in total. The van der Waals surface area contributed by atoms with E-state index in [9.17, 15) is 14.4 Å². The standard InChI is InChI=1S/C25H30BN2O7S/c1-13(26-34-12-27)25(31)35-20-10-15-6-8-18(28-14(2)29)17-11-19(30)21(36-5)9-7-16(17)22(15)24(33-4)23(20)32-3/h7,9-11,13,18H,6,8,12,27H2,1-5H3,(H,28,29)/t13?,18-/m0/s1. The van der Waals surface area contributed by atoms with Gasteiger partial charge in [-0.05, 0) is 54.0 Å². The van der Waals surface area contributed by atoms with Crippen molar-refractivity contribution in [2.45, 2.75) is 43.4 Å². The van der Waals surface area contributed by atoms with Gasteiger partial charge in [0.15, 0.2) is 16.9 Å². The molecule has 0 aromatic heterocycles. The van der Waals surface area contributed by atoms with Crippen LogP contribution in [0.2, 0.25) is 5.82 Å². The van der Waals surface area contributed by atoms with Crippen molar-refractivity contribution in [1.29, 1.82) is 0 Å². The van der Waals surface area contributed by atoms with Gasteiger partial charge in [0.2, 0.25) is 11.7 Å². The number of amides is 1. The molecule has 2 aromatic rings. The van der Waals surface area contributed by atoms with E-state index in [0.29, 0.717) is 34.6 Å². The van der Waals surface area contributed by atoms with Crippen LogP contribution in [0, 0.1) is 0 Å². The molecular formula is C25H30BN2O7S. The fourth-order valence-corrected chi connectivity index (χ4v) is 4.71. The second kappa shape index (κ2) is 12.3. The lowest BCUT2D eigenvalue weighted by molar-refractivity contribution is -0.134. The van der Waals surface area contributed by atoms with Crippen LogP contribution in [0.15, 0.2) is 34.0 Å². The molecular weight excluding hydrogens is 483 g/mol. The highest BCUT2D eigenvalue weighted by molar-refractivity contribution is 7.98. The molecule has 2 atom stereocenters. The molecule has 2 aromatic carbocycles. The van der Waals surface area contributed by atoms with E-state index in [1.54, 1.807) is 25.1 Å². The van der Waals surface area contributed by atoms with Crippen molar-refractivity contribution in [3.05, 3.63) is 45.6 Å². The Bertz CT molecular complexity index is 1210. The van der Waals surface area contributed by atoms with Crippen LogP contribution >= 0.6 is 11.8 Å². The van der Waals surface area contributed by atoms with Crippen LogP contribution in [0.3, 0.4) is 0 Å². The Labute approximate surface area is 215 Å². The van der Waals surface area contributed by atoms with Crippen molar-refractivity contribution in [2.75, 3.05) is 27.2 Å². The number of methoxy groups -OCH3 is 2. The molecule has 0 fully saturated rings. The largest absolute Gasteiger partial charge is 0.492 e. The van der Waals surface area contributed by atoms with Gasteiger partial charge in [-0.15, -0.1) is 11.8 Å². The molecule has 9 nitrogen and oxygen atoms in total. The number of nitrogens with two attached hydrogens (primary N) is 1. The Morgan fingerprint density at radius 2 is 1.94 bits per heavy atom. The van der Waals surface area contributed by atoms with E-state index in [1.165, 1.54) is 40.4 Å². The van der Waals surface area contributed by atoms with Gasteiger partial charge in [-0.2, -0.15) is 0 Å². The maximum Gasteiger partial charge on any atom is 0.308 e.